The minimum Gasteiger partial charge on any atom is -0.497 e. The van der Waals surface area contributed by atoms with Gasteiger partial charge in [0, 0.05) is 17.8 Å². The van der Waals surface area contributed by atoms with Gasteiger partial charge < -0.3 is 10.1 Å². The number of nitrogens with one attached hydrogen (secondary N) is 3. The number of amides is 1. The third-order valence-corrected chi connectivity index (χ3v) is 7.90. The van der Waals surface area contributed by atoms with Gasteiger partial charge in [-0.25, -0.2) is 8.42 Å². The van der Waals surface area contributed by atoms with Gasteiger partial charge >= 0.3 is 0 Å². The average Bonchev–Trinajstić information content (AvgIpc) is 3.11. The number of benzene rings is 2. The molecule has 0 saturated carbocycles. The van der Waals surface area contributed by atoms with Crippen LogP contribution in [0, 0.1) is 0 Å². The fraction of sp³-hybridized carbons (Fsp3) is 0.409. The van der Waals surface area contributed by atoms with Crippen molar-refractivity contribution in [3.63, 3.8) is 0 Å². The van der Waals surface area contributed by atoms with Crippen molar-refractivity contribution < 1.29 is 17.9 Å². The smallest absolute Gasteiger partial charge is 0.245 e. The summed E-state index contributed by atoms with van der Waals surface area (Å²) in [6.45, 7) is 5.31. The summed E-state index contributed by atoms with van der Waals surface area (Å²) < 4.78 is 33.6. The summed E-state index contributed by atoms with van der Waals surface area (Å²) in [6, 6.07) is 13.5. The second kappa shape index (κ2) is 9.67. The molecule has 0 bridgehead atoms. The van der Waals surface area contributed by atoms with Crippen molar-refractivity contribution in [2.24, 2.45) is 0 Å². The average molecular weight is 447 g/mol. The number of methoxy groups -OCH3 is 1. The van der Waals surface area contributed by atoms with Gasteiger partial charge in [-0.3, -0.25) is 20.0 Å². The van der Waals surface area contributed by atoms with E-state index in [1.54, 1.807) is 51.3 Å². The molecule has 0 aliphatic carbocycles. The lowest BCUT2D eigenvalue weighted by Crippen LogP contribution is -2.49. The van der Waals surface area contributed by atoms with Gasteiger partial charge in [-0.05, 0) is 62.2 Å². The topological polar surface area (TPSA) is 99.8 Å². The lowest BCUT2D eigenvalue weighted by molar-refractivity contribution is -0.114. The molecule has 1 saturated heterocycles. The van der Waals surface area contributed by atoms with Crippen LogP contribution in [0.15, 0.2) is 48.5 Å². The van der Waals surface area contributed by atoms with E-state index in [4.69, 9.17) is 4.74 Å². The van der Waals surface area contributed by atoms with Crippen molar-refractivity contribution in [1.29, 1.82) is 0 Å². The Kier molecular flexibility index (Phi) is 7.19. The molecule has 2 unspecified atom stereocenters. The number of sulfonamides is 1. The van der Waals surface area contributed by atoms with Gasteiger partial charge in [-0.1, -0.05) is 19.1 Å². The minimum absolute atomic E-state index is 0.315. The van der Waals surface area contributed by atoms with Gasteiger partial charge in [-0.2, -0.15) is 0 Å². The van der Waals surface area contributed by atoms with Gasteiger partial charge in [0.15, 0.2) is 0 Å². The monoisotopic (exact) mass is 446 g/mol. The molecule has 9 heteroatoms. The first-order valence-electron chi connectivity index (χ1n) is 10.3. The molecular formula is C22H30N4O4S. The maximum Gasteiger partial charge on any atom is 0.245 e. The lowest BCUT2D eigenvalue weighted by Gasteiger charge is -2.30. The second-order valence-electron chi connectivity index (χ2n) is 7.68. The van der Waals surface area contributed by atoms with E-state index in [9.17, 15) is 13.2 Å². The van der Waals surface area contributed by atoms with E-state index >= 15 is 0 Å². The Morgan fingerprint density at radius 3 is 2.32 bits per heavy atom. The Hall–Kier alpha value is -2.62. The highest BCUT2D eigenvalue weighted by Crippen LogP contribution is 2.27. The third-order valence-electron chi connectivity index (χ3n) is 5.44. The molecule has 2 atom stereocenters. The first kappa shape index (κ1) is 23.1. The van der Waals surface area contributed by atoms with E-state index in [-0.39, 0.29) is 18.6 Å². The predicted molar refractivity (Wildman–Crippen MR) is 123 cm³/mol. The molecule has 1 amide bonds. The molecule has 8 nitrogen and oxygen atoms in total. The molecule has 31 heavy (non-hydrogen) atoms. The van der Waals surface area contributed by atoms with E-state index < -0.39 is 21.2 Å². The molecule has 0 spiro atoms. The summed E-state index contributed by atoms with van der Waals surface area (Å²) in [5.41, 5.74) is 8.09. The molecule has 1 aliphatic rings. The fourth-order valence-corrected chi connectivity index (χ4v) is 5.97. The number of hydrogen-bond donors (Lipinski definition) is 3. The standard InChI is InChI=1S/C22H30N4O4S/c1-5-17-7-6-8-18(13-17)23-21(27)14-26(19-9-11-20(30-4)12-10-19)31(28,29)22-15(2)24-25-16(22)3/h6-13,15-16,22,24-25H,5,14H2,1-4H3,(H,23,27). The van der Waals surface area contributed by atoms with Crippen LogP contribution in [0.25, 0.3) is 0 Å². The molecule has 0 radical (unpaired) electrons. The van der Waals surface area contributed by atoms with E-state index in [2.05, 4.69) is 16.2 Å². The molecule has 3 N–H and O–H groups in total. The van der Waals surface area contributed by atoms with Crippen LogP contribution in [-0.4, -0.2) is 45.3 Å². The number of nitrogens with zero attached hydrogens (tertiary/aromatic N) is 1. The highest BCUT2D eigenvalue weighted by molar-refractivity contribution is 7.93. The van der Waals surface area contributed by atoms with Gasteiger partial charge in [-0.15, -0.1) is 0 Å². The van der Waals surface area contributed by atoms with Crippen molar-refractivity contribution in [2.75, 3.05) is 23.3 Å². The molecule has 2 aromatic carbocycles. The Balaban J connectivity index is 1.90. The first-order chi connectivity index (χ1) is 14.8. The molecular weight excluding hydrogens is 416 g/mol. The Morgan fingerprint density at radius 2 is 1.74 bits per heavy atom. The highest BCUT2D eigenvalue weighted by Gasteiger charge is 2.44. The van der Waals surface area contributed by atoms with Crippen LogP contribution in [-0.2, 0) is 21.2 Å². The third kappa shape index (κ3) is 5.17. The highest BCUT2D eigenvalue weighted by atomic mass is 32.2. The summed E-state index contributed by atoms with van der Waals surface area (Å²) in [7, 11) is -2.32. The maximum atomic E-state index is 13.6. The molecule has 2 aromatic rings. The van der Waals surface area contributed by atoms with Gasteiger partial charge in [0.25, 0.3) is 0 Å². The largest absolute Gasteiger partial charge is 0.497 e. The number of carbonyl (C=O) groups excluding carboxylic acids is 1. The zero-order valence-corrected chi connectivity index (χ0v) is 19.1. The SMILES string of the molecule is CCc1cccc(NC(=O)CN(c2ccc(OC)cc2)S(=O)(=O)C2C(C)NNC2C)c1. The van der Waals surface area contributed by atoms with E-state index in [0.29, 0.717) is 17.1 Å². The number of rotatable bonds is 8. The molecule has 1 heterocycles. The van der Waals surface area contributed by atoms with Crippen molar-refractivity contribution in [2.45, 2.75) is 44.5 Å². The van der Waals surface area contributed by atoms with Crippen LogP contribution >= 0.6 is 0 Å². The first-order valence-corrected chi connectivity index (χ1v) is 11.8. The summed E-state index contributed by atoms with van der Waals surface area (Å²) in [4.78, 5) is 12.9. The Morgan fingerprint density at radius 1 is 1.10 bits per heavy atom. The van der Waals surface area contributed by atoms with E-state index in [1.807, 2.05) is 25.1 Å². The number of hydrazine groups is 1. The van der Waals surface area contributed by atoms with Crippen molar-refractivity contribution in [3.05, 3.63) is 54.1 Å². The number of anilines is 2. The van der Waals surface area contributed by atoms with Gasteiger partial charge in [0.2, 0.25) is 15.9 Å². The zero-order valence-electron chi connectivity index (χ0n) is 18.3. The quantitative estimate of drug-likeness (QED) is 0.575. The number of hydrogen-bond acceptors (Lipinski definition) is 6. The molecule has 1 fully saturated rings. The van der Waals surface area contributed by atoms with E-state index in [1.165, 1.54) is 4.31 Å². The van der Waals surface area contributed by atoms with E-state index in [0.717, 1.165) is 12.0 Å². The van der Waals surface area contributed by atoms with Gasteiger partial charge in [0.05, 0.1) is 12.8 Å². The number of carbonyl (C=O) groups is 1. The van der Waals surface area contributed by atoms with Crippen molar-refractivity contribution in [3.8, 4) is 5.75 Å². The predicted octanol–water partition coefficient (Wildman–Crippen LogP) is 2.29. The van der Waals surface area contributed by atoms with Crippen LogP contribution in [0.5, 0.6) is 5.75 Å². The number of aryl methyl sites for hydroxylation is 1. The summed E-state index contributed by atoms with van der Waals surface area (Å²) in [5, 5.41) is 2.09. The molecule has 168 valence electrons. The summed E-state index contributed by atoms with van der Waals surface area (Å²) in [5.74, 6) is 0.194. The van der Waals surface area contributed by atoms with Crippen LogP contribution < -0.4 is 25.2 Å². The van der Waals surface area contributed by atoms with Gasteiger partial charge in [0.1, 0.15) is 17.5 Å². The second-order valence-corrected chi connectivity index (χ2v) is 9.70. The Bertz CT molecular complexity index is 1000. The van der Waals surface area contributed by atoms with Crippen molar-refractivity contribution >= 4 is 27.3 Å². The number of ether oxygens (including phenoxy) is 1. The van der Waals surface area contributed by atoms with Crippen LogP contribution in [0.1, 0.15) is 26.3 Å². The van der Waals surface area contributed by atoms with Crippen molar-refractivity contribution in [1.82, 2.24) is 10.9 Å². The summed E-state index contributed by atoms with van der Waals surface area (Å²) >= 11 is 0. The molecule has 1 aliphatic heterocycles. The lowest BCUT2D eigenvalue weighted by atomic mass is 10.1. The Labute approximate surface area is 184 Å². The fourth-order valence-electron chi connectivity index (χ4n) is 3.80. The van der Waals surface area contributed by atoms with Crippen LogP contribution in [0.2, 0.25) is 0 Å². The van der Waals surface area contributed by atoms with Crippen LogP contribution in [0.3, 0.4) is 0 Å². The molecule has 0 aromatic heterocycles. The van der Waals surface area contributed by atoms with Crippen LogP contribution in [0.4, 0.5) is 11.4 Å². The normalized spacial score (nSPS) is 21.0. The molecule has 3 rings (SSSR count). The summed E-state index contributed by atoms with van der Waals surface area (Å²) in [6.07, 6.45) is 0.841. The maximum absolute atomic E-state index is 13.6. The minimum atomic E-state index is -3.87. The zero-order chi connectivity index (χ0) is 22.6.